The monoisotopic (exact) mass is 612 g/mol. The molecule has 0 radical (unpaired) electrons. The Kier molecular flexibility index (Phi) is 9.55. The molecule has 0 spiro atoms. The number of hydrogen-bond acceptors (Lipinski definition) is 6. The number of aromatic nitrogens is 2. The van der Waals surface area contributed by atoms with Gasteiger partial charge >= 0.3 is 0 Å². The van der Waals surface area contributed by atoms with E-state index in [0.29, 0.717) is 22.5 Å². The highest BCUT2D eigenvalue weighted by Gasteiger charge is 2.41. The normalized spacial score (nSPS) is 14.3. The fraction of sp³-hybridized carbons (Fsp3) is 0.516. The van der Waals surface area contributed by atoms with E-state index in [1.165, 1.54) is 0 Å². The zero-order valence-corrected chi connectivity index (χ0v) is 29.3. The van der Waals surface area contributed by atoms with Gasteiger partial charge in [0.2, 0.25) is 25.8 Å². The molecular formula is C31H45ClN4O3Si2. The van der Waals surface area contributed by atoms with Crippen molar-refractivity contribution in [2.45, 2.75) is 104 Å². The van der Waals surface area contributed by atoms with Gasteiger partial charge < -0.3 is 18.6 Å². The fourth-order valence-electron chi connectivity index (χ4n) is 3.76. The van der Waals surface area contributed by atoms with Crippen LogP contribution in [0.2, 0.25) is 41.3 Å². The fourth-order valence-corrected chi connectivity index (χ4v) is 6.42. The molecule has 10 heteroatoms. The third kappa shape index (κ3) is 7.41. The van der Waals surface area contributed by atoms with Crippen LogP contribution in [0, 0.1) is 13.5 Å². The topological polar surface area (TPSA) is 73.8 Å². The van der Waals surface area contributed by atoms with Crippen molar-refractivity contribution in [1.29, 1.82) is 0 Å². The van der Waals surface area contributed by atoms with E-state index in [4.69, 9.17) is 31.4 Å². The minimum Gasteiger partial charge on any atom is -0.544 e. The maximum atomic E-state index is 7.39. The first-order valence-electron chi connectivity index (χ1n) is 14.0. The highest BCUT2D eigenvalue weighted by Crippen LogP contribution is 2.41. The minimum absolute atomic E-state index is 0.0244. The Balaban J connectivity index is 1.95. The van der Waals surface area contributed by atoms with Crippen molar-refractivity contribution < 1.29 is 13.3 Å². The van der Waals surface area contributed by atoms with E-state index in [9.17, 15) is 0 Å². The summed E-state index contributed by atoms with van der Waals surface area (Å²) in [6.07, 6.45) is -0.289. The van der Waals surface area contributed by atoms with Gasteiger partial charge in [-0.2, -0.15) is 0 Å². The molecule has 2 aromatic carbocycles. The second kappa shape index (κ2) is 11.9. The molecule has 0 fully saturated rings. The van der Waals surface area contributed by atoms with Gasteiger partial charge in [-0.05, 0) is 86.0 Å². The molecule has 0 amide bonds. The van der Waals surface area contributed by atoms with Crippen LogP contribution >= 0.6 is 11.6 Å². The van der Waals surface area contributed by atoms with E-state index in [0.717, 1.165) is 22.6 Å². The van der Waals surface area contributed by atoms with E-state index < -0.39 is 22.7 Å². The van der Waals surface area contributed by atoms with Crippen LogP contribution in [-0.4, -0.2) is 32.9 Å². The van der Waals surface area contributed by atoms with Crippen LogP contribution in [-0.2, 0) is 4.43 Å². The summed E-state index contributed by atoms with van der Waals surface area (Å²) in [5.74, 6) is 1.67. The zero-order valence-electron chi connectivity index (χ0n) is 26.6. The van der Waals surface area contributed by atoms with Crippen molar-refractivity contribution in [2.24, 2.45) is 0 Å². The van der Waals surface area contributed by atoms with Crippen molar-refractivity contribution in [2.75, 3.05) is 5.32 Å². The molecule has 2 atom stereocenters. The van der Waals surface area contributed by atoms with Crippen LogP contribution < -0.4 is 9.74 Å². The lowest BCUT2D eigenvalue weighted by Crippen LogP contribution is -2.45. The van der Waals surface area contributed by atoms with Crippen molar-refractivity contribution in [3.05, 3.63) is 64.3 Å². The molecule has 0 aliphatic carbocycles. The molecule has 0 bridgehead atoms. The number of nitrogens with zero attached hydrogens (tertiary/aromatic N) is 3. The van der Waals surface area contributed by atoms with Crippen molar-refractivity contribution in [3.63, 3.8) is 0 Å². The Labute approximate surface area is 253 Å². The minimum atomic E-state index is -2.12. The lowest BCUT2D eigenvalue weighted by Gasteiger charge is -2.40. The summed E-state index contributed by atoms with van der Waals surface area (Å²) in [4.78, 5) is 3.52. The second-order valence-corrected chi connectivity index (χ2v) is 23.6. The van der Waals surface area contributed by atoms with Crippen LogP contribution in [0.4, 0.5) is 11.4 Å². The Hall–Kier alpha value is -2.65. The zero-order chi connectivity index (χ0) is 31.0. The third-order valence-electron chi connectivity index (χ3n) is 8.54. The number of anilines is 1. The summed E-state index contributed by atoms with van der Waals surface area (Å²) in [5.41, 5.74) is 2.79. The second-order valence-electron chi connectivity index (χ2n) is 13.7. The van der Waals surface area contributed by atoms with Crippen molar-refractivity contribution in [3.8, 4) is 17.2 Å². The summed E-state index contributed by atoms with van der Waals surface area (Å²) < 4.78 is 19.5. The smallest absolute Gasteiger partial charge is 0.250 e. The van der Waals surface area contributed by atoms with Crippen LogP contribution in [0.15, 0.2) is 40.8 Å². The average Bonchev–Trinajstić information content (AvgIpc) is 3.33. The van der Waals surface area contributed by atoms with Crippen molar-refractivity contribution >= 4 is 39.6 Å². The van der Waals surface area contributed by atoms with Gasteiger partial charge in [-0.3, -0.25) is 0 Å². The Morgan fingerprint density at radius 3 is 2.05 bits per heavy atom. The standard InChI is InChI=1S/C31H45ClN4O3Si2/c1-20-24(18-19-25(33-9)26(20)32)34-27(21(2)38-40(10,11)30(3,4)5)29-36-35-28(37-29)22-14-16-23(17-15-22)39-41(12,13)31(6,7)8/h14-19,21,27,34H,1-8,10-13H3/t21-,27-/m1/s1. The van der Waals surface area contributed by atoms with Gasteiger partial charge in [0.05, 0.1) is 17.7 Å². The molecule has 0 aliphatic rings. The van der Waals surface area contributed by atoms with Gasteiger partial charge in [0, 0.05) is 11.3 Å². The molecule has 7 nitrogen and oxygen atoms in total. The third-order valence-corrected chi connectivity index (χ3v) is 17.9. The molecule has 41 heavy (non-hydrogen) atoms. The summed E-state index contributed by atoms with van der Waals surface area (Å²) in [6, 6.07) is 11.0. The number of benzene rings is 2. The van der Waals surface area contributed by atoms with Gasteiger partial charge in [-0.25, -0.2) is 4.85 Å². The van der Waals surface area contributed by atoms with E-state index in [2.05, 4.69) is 88.1 Å². The summed E-state index contributed by atoms with van der Waals surface area (Å²) >= 11 is 6.50. The maximum absolute atomic E-state index is 7.39. The van der Waals surface area contributed by atoms with Crippen LogP contribution in [0.5, 0.6) is 5.75 Å². The Morgan fingerprint density at radius 1 is 0.927 bits per heavy atom. The van der Waals surface area contributed by atoms with Gasteiger partial charge in [-0.15, -0.1) is 10.2 Å². The number of nitrogens with one attached hydrogen (secondary N) is 1. The molecule has 0 unspecified atom stereocenters. The van der Waals surface area contributed by atoms with Gasteiger partial charge in [0.25, 0.3) is 0 Å². The summed E-state index contributed by atoms with van der Waals surface area (Å²) in [6.45, 7) is 33.5. The predicted molar refractivity (Wildman–Crippen MR) is 174 cm³/mol. The van der Waals surface area contributed by atoms with Crippen LogP contribution in [0.1, 0.15) is 66.0 Å². The summed E-state index contributed by atoms with van der Waals surface area (Å²) in [5, 5.41) is 12.9. The number of hydrogen-bond donors (Lipinski definition) is 1. The molecule has 3 rings (SSSR count). The van der Waals surface area contributed by atoms with Crippen LogP contribution in [0.3, 0.4) is 0 Å². The summed E-state index contributed by atoms with van der Waals surface area (Å²) in [7, 11) is -4.07. The molecule has 1 N–H and O–H groups in total. The average molecular weight is 613 g/mol. The highest BCUT2D eigenvalue weighted by molar-refractivity contribution is 6.75. The molecule has 1 heterocycles. The SMILES string of the molecule is [C-]#[N+]c1ccc(N[C@@H](c2nnc(-c3ccc(O[Si](C)(C)C(C)(C)C)cc3)o2)[C@@H](C)O[Si](C)(C)C(C)(C)C)c(C)c1Cl. The molecule has 3 aromatic rings. The number of halogens is 1. The quantitative estimate of drug-likeness (QED) is 0.191. The van der Waals surface area contributed by atoms with Gasteiger partial charge in [0.15, 0.2) is 8.32 Å². The number of rotatable bonds is 9. The molecule has 222 valence electrons. The Bertz CT molecular complexity index is 1400. The van der Waals surface area contributed by atoms with E-state index in [1.807, 2.05) is 44.2 Å². The van der Waals surface area contributed by atoms with Gasteiger partial charge in [-0.1, -0.05) is 59.2 Å². The first-order chi connectivity index (χ1) is 18.8. The maximum Gasteiger partial charge on any atom is 0.250 e. The lowest BCUT2D eigenvalue weighted by molar-refractivity contribution is 0.166. The highest BCUT2D eigenvalue weighted by atomic mass is 35.5. The molecule has 0 saturated heterocycles. The van der Waals surface area contributed by atoms with E-state index >= 15 is 0 Å². The van der Waals surface area contributed by atoms with Gasteiger partial charge in [0.1, 0.15) is 11.8 Å². The first kappa shape index (κ1) is 32.9. The molecule has 1 aromatic heterocycles. The van der Waals surface area contributed by atoms with E-state index in [-0.39, 0.29) is 16.2 Å². The first-order valence-corrected chi connectivity index (χ1v) is 20.2. The molecule has 0 saturated carbocycles. The predicted octanol–water partition coefficient (Wildman–Crippen LogP) is 10.2. The van der Waals surface area contributed by atoms with Crippen LogP contribution in [0.25, 0.3) is 16.3 Å². The lowest BCUT2D eigenvalue weighted by atomic mass is 10.1. The molecular weight excluding hydrogens is 568 g/mol. The molecule has 0 aliphatic heterocycles. The van der Waals surface area contributed by atoms with Crippen molar-refractivity contribution in [1.82, 2.24) is 10.2 Å². The Morgan fingerprint density at radius 2 is 1.51 bits per heavy atom. The largest absolute Gasteiger partial charge is 0.544 e. The van der Waals surface area contributed by atoms with E-state index in [1.54, 1.807) is 6.07 Å².